The normalized spacial score (nSPS) is 23.8. The van der Waals surface area contributed by atoms with Crippen LogP contribution in [0.25, 0.3) is 0 Å². The summed E-state index contributed by atoms with van der Waals surface area (Å²) >= 11 is 0. The second kappa shape index (κ2) is 4.17. The fourth-order valence-electron chi connectivity index (χ4n) is 1.35. The molecule has 13 heavy (non-hydrogen) atoms. The maximum atomic E-state index is 11.0. The minimum absolute atomic E-state index is 0.363. The molecular formula is C7H13NO4S. The Kier molecular flexibility index (Phi) is 3.40. The molecule has 5 nitrogen and oxygen atoms in total. The second-order valence-electron chi connectivity index (χ2n) is 3.06. The van der Waals surface area contributed by atoms with Crippen molar-refractivity contribution < 1.29 is 18.8 Å². The quantitative estimate of drug-likeness (QED) is 0.654. The summed E-state index contributed by atoms with van der Waals surface area (Å²) in [6.45, 7) is 0.799. The molecule has 0 aromatic heterocycles. The lowest BCUT2D eigenvalue weighted by Crippen LogP contribution is -2.55. The summed E-state index contributed by atoms with van der Waals surface area (Å²) in [5.74, 6) is -0.953. The lowest BCUT2D eigenvalue weighted by molar-refractivity contribution is -0.147. The van der Waals surface area contributed by atoms with Crippen LogP contribution >= 0.6 is 0 Å². The van der Waals surface area contributed by atoms with Gasteiger partial charge in [-0.05, 0) is 0 Å². The van der Waals surface area contributed by atoms with Gasteiger partial charge in [0.05, 0.1) is 11.0 Å². The van der Waals surface area contributed by atoms with Gasteiger partial charge >= 0.3 is 5.97 Å². The molecular weight excluding hydrogens is 194 g/mol. The van der Waals surface area contributed by atoms with Gasteiger partial charge in [-0.1, -0.05) is 0 Å². The Morgan fingerprint density at radius 2 is 2.08 bits per heavy atom. The molecule has 0 aromatic rings. The summed E-state index contributed by atoms with van der Waals surface area (Å²) in [7, 11) is -1.31. The molecule has 1 saturated heterocycles. The number of rotatable bonds is 3. The third-order valence-electron chi connectivity index (χ3n) is 2.09. The summed E-state index contributed by atoms with van der Waals surface area (Å²) in [5, 5.41) is 8.99. The zero-order valence-corrected chi connectivity index (χ0v) is 8.23. The van der Waals surface area contributed by atoms with E-state index < -0.39 is 22.5 Å². The van der Waals surface area contributed by atoms with E-state index in [1.54, 1.807) is 0 Å². The fourth-order valence-corrected chi connectivity index (χ4v) is 2.20. The number of carboxylic acid groups (broad SMARTS) is 1. The van der Waals surface area contributed by atoms with Crippen molar-refractivity contribution in [3.63, 3.8) is 0 Å². The first kappa shape index (κ1) is 10.6. The second-order valence-corrected chi connectivity index (χ2v) is 4.17. The first-order valence-electron chi connectivity index (χ1n) is 3.99. The Labute approximate surface area is 79.1 Å². The molecule has 1 fully saturated rings. The minimum atomic E-state index is -1.31. The van der Waals surface area contributed by atoms with Crippen LogP contribution in [0.5, 0.6) is 0 Å². The first-order valence-corrected chi connectivity index (χ1v) is 5.55. The summed E-state index contributed by atoms with van der Waals surface area (Å²) in [4.78, 5) is 11.0. The molecule has 76 valence electrons. The van der Waals surface area contributed by atoms with Crippen molar-refractivity contribution in [2.75, 3.05) is 19.5 Å². The predicted octanol–water partition coefficient (Wildman–Crippen LogP) is -0.497. The zero-order valence-electron chi connectivity index (χ0n) is 7.41. The SMILES string of the molecule is CS(=O)NC1(C(=O)O)CCOCC1. The van der Waals surface area contributed by atoms with Crippen LogP contribution in [0.15, 0.2) is 0 Å². The third-order valence-corrected chi connectivity index (χ3v) is 2.77. The molecule has 1 atom stereocenters. The number of nitrogens with one attached hydrogen (secondary N) is 1. The molecule has 0 amide bonds. The van der Waals surface area contributed by atoms with E-state index in [0.29, 0.717) is 26.1 Å². The topological polar surface area (TPSA) is 75.6 Å². The monoisotopic (exact) mass is 207 g/mol. The summed E-state index contributed by atoms with van der Waals surface area (Å²) < 4.78 is 18.6. The predicted molar refractivity (Wildman–Crippen MR) is 47.6 cm³/mol. The smallest absolute Gasteiger partial charge is 0.324 e. The molecule has 1 heterocycles. The molecule has 1 unspecified atom stereocenters. The first-order chi connectivity index (χ1) is 6.07. The average molecular weight is 207 g/mol. The lowest BCUT2D eigenvalue weighted by Gasteiger charge is -2.32. The summed E-state index contributed by atoms with van der Waals surface area (Å²) in [5.41, 5.74) is -1.06. The van der Waals surface area contributed by atoms with E-state index in [2.05, 4.69) is 4.72 Å². The summed E-state index contributed by atoms with van der Waals surface area (Å²) in [6.07, 6.45) is 2.16. The van der Waals surface area contributed by atoms with E-state index in [9.17, 15) is 9.00 Å². The van der Waals surface area contributed by atoms with Gasteiger partial charge in [0, 0.05) is 32.3 Å². The highest BCUT2D eigenvalue weighted by atomic mass is 32.2. The van der Waals surface area contributed by atoms with Crippen molar-refractivity contribution in [2.45, 2.75) is 18.4 Å². The van der Waals surface area contributed by atoms with Gasteiger partial charge in [0.25, 0.3) is 0 Å². The standard InChI is InChI=1S/C7H13NO4S/c1-13(11)8-7(6(9)10)2-4-12-5-3-7/h8H,2-5H2,1H3,(H,9,10). The Morgan fingerprint density at radius 3 is 2.46 bits per heavy atom. The third kappa shape index (κ3) is 2.49. The lowest BCUT2D eigenvalue weighted by atomic mass is 9.92. The van der Waals surface area contributed by atoms with Gasteiger partial charge < -0.3 is 9.84 Å². The molecule has 0 spiro atoms. The Balaban J connectivity index is 2.73. The summed E-state index contributed by atoms with van der Waals surface area (Å²) in [6, 6.07) is 0. The zero-order chi connectivity index (χ0) is 9.90. The van der Waals surface area contributed by atoms with Crippen LogP contribution in [0.4, 0.5) is 0 Å². The highest BCUT2D eigenvalue weighted by Crippen LogP contribution is 2.21. The van der Waals surface area contributed by atoms with Crippen LogP contribution < -0.4 is 4.72 Å². The number of hydrogen-bond acceptors (Lipinski definition) is 3. The van der Waals surface area contributed by atoms with Crippen LogP contribution in [0.3, 0.4) is 0 Å². The van der Waals surface area contributed by atoms with E-state index >= 15 is 0 Å². The van der Waals surface area contributed by atoms with Gasteiger partial charge in [0.2, 0.25) is 0 Å². The van der Waals surface area contributed by atoms with Crippen LogP contribution in [0.1, 0.15) is 12.8 Å². The van der Waals surface area contributed by atoms with Crippen molar-refractivity contribution in [1.82, 2.24) is 4.72 Å². The van der Waals surface area contributed by atoms with Crippen molar-refractivity contribution in [3.05, 3.63) is 0 Å². The van der Waals surface area contributed by atoms with Crippen molar-refractivity contribution in [2.24, 2.45) is 0 Å². The van der Waals surface area contributed by atoms with Crippen LogP contribution in [0, 0.1) is 0 Å². The molecule has 6 heteroatoms. The molecule has 1 aliphatic heterocycles. The van der Waals surface area contributed by atoms with Gasteiger partial charge in [-0.25, -0.2) is 8.93 Å². The molecule has 0 bridgehead atoms. The maximum Gasteiger partial charge on any atom is 0.324 e. The number of hydrogen-bond donors (Lipinski definition) is 2. The van der Waals surface area contributed by atoms with E-state index in [0.717, 1.165) is 0 Å². The molecule has 1 rings (SSSR count). The molecule has 0 radical (unpaired) electrons. The molecule has 0 aromatic carbocycles. The van der Waals surface area contributed by atoms with Crippen molar-refractivity contribution in [1.29, 1.82) is 0 Å². The van der Waals surface area contributed by atoms with Crippen molar-refractivity contribution in [3.8, 4) is 0 Å². The van der Waals surface area contributed by atoms with Crippen molar-refractivity contribution >= 4 is 17.0 Å². The largest absolute Gasteiger partial charge is 0.480 e. The fraction of sp³-hybridized carbons (Fsp3) is 0.857. The van der Waals surface area contributed by atoms with Crippen LogP contribution in [-0.4, -0.2) is 40.3 Å². The van der Waals surface area contributed by atoms with E-state index in [4.69, 9.17) is 9.84 Å². The highest BCUT2D eigenvalue weighted by Gasteiger charge is 2.40. The molecule has 1 aliphatic rings. The van der Waals surface area contributed by atoms with Gasteiger partial charge in [0.1, 0.15) is 5.54 Å². The van der Waals surface area contributed by atoms with E-state index in [-0.39, 0.29) is 0 Å². The van der Waals surface area contributed by atoms with Gasteiger partial charge in [-0.3, -0.25) is 4.79 Å². The van der Waals surface area contributed by atoms with Gasteiger partial charge in [0.15, 0.2) is 0 Å². The van der Waals surface area contributed by atoms with E-state index in [1.807, 2.05) is 0 Å². The number of carboxylic acids is 1. The van der Waals surface area contributed by atoms with Crippen LogP contribution in [0.2, 0.25) is 0 Å². The number of ether oxygens (including phenoxy) is 1. The molecule has 0 aliphatic carbocycles. The number of aliphatic carboxylic acids is 1. The number of carbonyl (C=O) groups is 1. The Bertz CT molecular complexity index is 225. The Morgan fingerprint density at radius 1 is 1.54 bits per heavy atom. The molecule has 0 saturated carbocycles. The average Bonchev–Trinajstić information content (AvgIpc) is 2.04. The minimum Gasteiger partial charge on any atom is -0.480 e. The van der Waals surface area contributed by atoms with Gasteiger partial charge in [-0.2, -0.15) is 0 Å². The maximum absolute atomic E-state index is 11.0. The Hall–Kier alpha value is -0.460. The molecule has 2 N–H and O–H groups in total. The van der Waals surface area contributed by atoms with Gasteiger partial charge in [-0.15, -0.1) is 0 Å². The van der Waals surface area contributed by atoms with E-state index in [1.165, 1.54) is 6.26 Å². The van der Waals surface area contributed by atoms with Crippen LogP contribution in [-0.2, 0) is 20.5 Å². The highest BCUT2D eigenvalue weighted by molar-refractivity contribution is 7.82.